The molecular formula is C46H34N2O5. The molecule has 9 rings (SSSR count). The van der Waals surface area contributed by atoms with Crippen LogP contribution in [-0.2, 0) is 26.1 Å². The van der Waals surface area contributed by atoms with Gasteiger partial charge in [0, 0.05) is 35.1 Å². The molecule has 258 valence electrons. The van der Waals surface area contributed by atoms with Crippen molar-refractivity contribution in [1.82, 2.24) is 10.2 Å². The Morgan fingerprint density at radius 2 is 0.736 bits per heavy atom. The van der Waals surface area contributed by atoms with Crippen LogP contribution in [-0.4, -0.2) is 20.4 Å². The van der Waals surface area contributed by atoms with Crippen LogP contribution < -0.4 is 9.47 Å². The predicted octanol–water partition coefficient (Wildman–Crippen LogP) is 10.4. The number of ether oxygens (including phenoxy) is 2. The number of aromatic hydroxyl groups is 2. The van der Waals surface area contributed by atoms with Crippen molar-refractivity contribution in [1.29, 1.82) is 0 Å². The van der Waals surface area contributed by atoms with Gasteiger partial charge in [0.25, 0.3) is 11.8 Å². The van der Waals surface area contributed by atoms with E-state index in [9.17, 15) is 10.2 Å². The summed E-state index contributed by atoms with van der Waals surface area (Å²) in [7, 11) is 0. The Kier molecular flexibility index (Phi) is 8.29. The van der Waals surface area contributed by atoms with Crippen LogP contribution in [0.5, 0.6) is 23.0 Å². The fourth-order valence-corrected chi connectivity index (χ4v) is 7.33. The zero-order chi connectivity index (χ0) is 35.7. The van der Waals surface area contributed by atoms with Crippen molar-refractivity contribution >= 4 is 43.1 Å². The molecule has 0 saturated carbocycles. The average Bonchev–Trinajstić information content (AvgIpc) is 3.66. The summed E-state index contributed by atoms with van der Waals surface area (Å²) in [6.07, 6.45) is 0.939. The molecule has 0 atom stereocenters. The first-order valence-corrected chi connectivity index (χ1v) is 17.6. The first kappa shape index (κ1) is 32.1. The highest BCUT2D eigenvalue weighted by atomic mass is 16.5. The smallest absolute Gasteiger partial charge is 0.254 e. The molecule has 0 unspecified atom stereocenters. The summed E-state index contributed by atoms with van der Waals surface area (Å²) in [6, 6.07) is 47.8. The third kappa shape index (κ3) is 6.23. The van der Waals surface area contributed by atoms with Crippen LogP contribution in [0.2, 0.25) is 0 Å². The number of fused-ring (bicyclic) bond motifs is 4. The van der Waals surface area contributed by atoms with Gasteiger partial charge in [-0.3, -0.25) is 0 Å². The Bertz CT molecular complexity index is 2600. The minimum absolute atomic E-state index is 0.0570. The molecule has 0 aliphatic rings. The van der Waals surface area contributed by atoms with Gasteiger partial charge in [0.15, 0.2) is 13.2 Å². The average molecular weight is 695 g/mol. The van der Waals surface area contributed by atoms with E-state index in [1.807, 2.05) is 109 Å². The molecule has 0 saturated heterocycles. The molecule has 8 aromatic carbocycles. The van der Waals surface area contributed by atoms with E-state index in [1.165, 1.54) is 0 Å². The summed E-state index contributed by atoms with van der Waals surface area (Å²) in [5.41, 5.74) is 3.59. The summed E-state index contributed by atoms with van der Waals surface area (Å²) in [5, 5.41) is 38.8. The fraction of sp³-hybridized carbons (Fsp3) is 0.0870. The highest BCUT2D eigenvalue weighted by molar-refractivity contribution is 5.93. The maximum Gasteiger partial charge on any atom is 0.254 e. The van der Waals surface area contributed by atoms with Crippen LogP contribution in [0.15, 0.2) is 150 Å². The second-order valence-electron chi connectivity index (χ2n) is 13.1. The second kappa shape index (κ2) is 13.7. The molecule has 53 heavy (non-hydrogen) atoms. The first-order chi connectivity index (χ1) is 26.1. The number of aromatic nitrogens is 2. The van der Waals surface area contributed by atoms with E-state index >= 15 is 0 Å². The topological polar surface area (TPSA) is 97.8 Å². The summed E-state index contributed by atoms with van der Waals surface area (Å²) in [5.74, 6) is 2.46. The van der Waals surface area contributed by atoms with E-state index in [1.54, 1.807) is 12.1 Å². The third-order valence-corrected chi connectivity index (χ3v) is 9.95. The number of nitrogens with zero attached hydrogens (tertiary/aromatic N) is 2. The first-order valence-electron chi connectivity index (χ1n) is 17.6. The highest BCUT2D eigenvalue weighted by Gasteiger charge is 2.18. The zero-order valence-electron chi connectivity index (χ0n) is 28.7. The van der Waals surface area contributed by atoms with Crippen LogP contribution in [0.4, 0.5) is 0 Å². The van der Waals surface area contributed by atoms with E-state index in [2.05, 4.69) is 34.5 Å². The normalized spacial score (nSPS) is 11.5. The SMILES string of the molecule is Oc1ccc2ccccc2c1Cc1c(OCc2nnc(COc3ccc4ccccc4c3Cc3c(O)ccc4ccccc34)o2)ccc2ccccc12. The summed E-state index contributed by atoms with van der Waals surface area (Å²) >= 11 is 0. The van der Waals surface area contributed by atoms with Gasteiger partial charge in [0.1, 0.15) is 23.0 Å². The molecule has 0 aliphatic heterocycles. The molecular weight excluding hydrogens is 661 g/mol. The molecule has 1 aromatic heterocycles. The Morgan fingerprint density at radius 1 is 0.396 bits per heavy atom. The van der Waals surface area contributed by atoms with Gasteiger partial charge < -0.3 is 24.1 Å². The van der Waals surface area contributed by atoms with Crippen molar-refractivity contribution in [3.8, 4) is 23.0 Å². The molecule has 2 N–H and O–H groups in total. The molecule has 1 heterocycles. The molecule has 0 spiro atoms. The van der Waals surface area contributed by atoms with E-state index in [4.69, 9.17) is 13.9 Å². The second-order valence-corrected chi connectivity index (χ2v) is 13.1. The van der Waals surface area contributed by atoms with Crippen molar-refractivity contribution in [2.24, 2.45) is 0 Å². The van der Waals surface area contributed by atoms with Crippen molar-refractivity contribution in [3.63, 3.8) is 0 Å². The Hall–Kier alpha value is -6.86. The molecule has 0 amide bonds. The number of benzene rings is 8. The maximum atomic E-state index is 11.0. The zero-order valence-corrected chi connectivity index (χ0v) is 28.7. The van der Waals surface area contributed by atoms with Crippen LogP contribution in [0.25, 0.3) is 43.1 Å². The van der Waals surface area contributed by atoms with Gasteiger partial charge in [0.05, 0.1) is 0 Å². The Morgan fingerprint density at radius 3 is 1.13 bits per heavy atom. The molecule has 0 bridgehead atoms. The van der Waals surface area contributed by atoms with Gasteiger partial charge in [-0.15, -0.1) is 10.2 Å². The monoisotopic (exact) mass is 694 g/mol. The number of phenolic OH excluding ortho intramolecular Hbond substituents is 2. The molecule has 9 aromatic rings. The minimum atomic E-state index is 0.0570. The van der Waals surface area contributed by atoms with Crippen LogP contribution in [0, 0.1) is 0 Å². The van der Waals surface area contributed by atoms with Crippen molar-refractivity contribution in [2.45, 2.75) is 26.1 Å². The van der Waals surface area contributed by atoms with Crippen LogP contribution in [0.1, 0.15) is 34.0 Å². The van der Waals surface area contributed by atoms with Gasteiger partial charge in [-0.05, 0) is 67.4 Å². The maximum absolute atomic E-state index is 11.0. The molecule has 0 aliphatic carbocycles. The standard InChI is InChI=1S/C46H34N2O5/c49-41-21-17-29-9-1-5-13-33(29)37(41)25-39-35-15-7-3-11-31(35)19-23-43(39)51-27-45-47-48-46(53-45)28-52-44-24-20-32-12-4-8-16-36(32)40(44)26-38-34-14-6-2-10-30(34)18-22-42(38)50/h1-24,49-50H,25-28H2. The van der Waals surface area contributed by atoms with E-state index < -0.39 is 0 Å². The largest absolute Gasteiger partial charge is 0.508 e. The number of rotatable bonds is 10. The quantitative estimate of drug-likeness (QED) is 0.147. The van der Waals surface area contributed by atoms with Gasteiger partial charge in [-0.25, -0.2) is 0 Å². The predicted molar refractivity (Wildman–Crippen MR) is 208 cm³/mol. The lowest BCUT2D eigenvalue weighted by Gasteiger charge is -2.16. The number of phenols is 2. The lowest BCUT2D eigenvalue weighted by atomic mass is 9.93. The van der Waals surface area contributed by atoms with Crippen molar-refractivity contribution in [3.05, 3.63) is 180 Å². The van der Waals surface area contributed by atoms with Crippen molar-refractivity contribution < 1.29 is 24.1 Å². The fourth-order valence-electron chi connectivity index (χ4n) is 7.33. The van der Waals surface area contributed by atoms with Gasteiger partial charge in [0.2, 0.25) is 0 Å². The number of hydrogen-bond donors (Lipinski definition) is 2. The van der Waals surface area contributed by atoms with Gasteiger partial charge in [-0.1, -0.05) is 121 Å². The Balaban J connectivity index is 0.969. The molecule has 0 radical (unpaired) electrons. The van der Waals surface area contributed by atoms with Crippen molar-refractivity contribution in [2.75, 3.05) is 0 Å². The highest BCUT2D eigenvalue weighted by Crippen LogP contribution is 2.38. The lowest BCUT2D eigenvalue weighted by Crippen LogP contribution is -2.02. The van der Waals surface area contributed by atoms with E-state index in [0.717, 1.165) is 65.3 Å². The Labute approximate surface area is 305 Å². The number of hydrogen-bond acceptors (Lipinski definition) is 7. The van der Waals surface area contributed by atoms with Crippen LogP contribution in [0.3, 0.4) is 0 Å². The van der Waals surface area contributed by atoms with E-state index in [-0.39, 0.29) is 24.7 Å². The lowest BCUT2D eigenvalue weighted by molar-refractivity contribution is 0.230. The molecule has 0 fully saturated rings. The summed E-state index contributed by atoms with van der Waals surface area (Å²) in [4.78, 5) is 0. The van der Waals surface area contributed by atoms with E-state index in [0.29, 0.717) is 36.1 Å². The summed E-state index contributed by atoms with van der Waals surface area (Å²) < 4.78 is 18.8. The molecule has 7 nitrogen and oxygen atoms in total. The molecule has 7 heteroatoms. The van der Waals surface area contributed by atoms with Gasteiger partial charge >= 0.3 is 0 Å². The minimum Gasteiger partial charge on any atom is -0.508 e. The van der Waals surface area contributed by atoms with Crippen LogP contribution >= 0.6 is 0 Å². The summed E-state index contributed by atoms with van der Waals surface area (Å²) in [6.45, 7) is 0.114. The van der Waals surface area contributed by atoms with Gasteiger partial charge in [-0.2, -0.15) is 0 Å². The third-order valence-electron chi connectivity index (χ3n) is 9.95.